The van der Waals surface area contributed by atoms with Crippen LogP contribution < -0.4 is 5.32 Å². The molecule has 1 unspecified atom stereocenters. The Morgan fingerprint density at radius 3 is 1.54 bits per heavy atom. The summed E-state index contributed by atoms with van der Waals surface area (Å²) in [5.41, 5.74) is 0. The minimum atomic E-state index is -0.252. The zero-order valence-electron chi connectivity index (χ0n) is 24.0. The molecule has 0 aromatic rings. The molecule has 35 heavy (non-hydrogen) atoms. The molecule has 0 aromatic carbocycles. The first-order valence-corrected chi connectivity index (χ1v) is 15.8. The van der Waals surface area contributed by atoms with E-state index in [1.807, 2.05) is 13.0 Å². The molecule has 3 heteroatoms. The molecule has 0 saturated carbocycles. The maximum absolute atomic E-state index is 12.0. The molecule has 1 amide bonds. The molecule has 0 aliphatic heterocycles. The Hall–Kier alpha value is -0.830. The lowest BCUT2D eigenvalue weighted by molar-refractivity contribution is -0.121. The fourth-order valence-corrected chi connectivity index (χ4v) is 4.63. The zero-order chi connectivity index (χ0) is 25.7. The number of aliphatic hydroxyl groups excluding tert-OH is 1. The molecule has 0 aliphatic rings. The normalized spacial score (nSPS) is 12.4. The van der Waals surface area contributed by atoms with Gasteiger partial charge in [0.2, 0.25) is 5.91 Å². The Balaban J connectivity index is 3.18. The van der Waals surface area contributed by atoms with Gasteiger partial charge in [0.1, 0.15) is 0 Å². The van der Waals surface area contributed by atoms with Crippen molar-refractivity contribution in [3.05, 3.63) is 12.2 Å². The van der Waals surface area contributed by atoms with Crippen molar-refractivity contribution in [2.24, 2.45) is 0 Å². The number of unbranched alkanes of at least 4 members (excludes halogenated alkanes) is 21. The van der Waals surface area contributed by atoms with Crippen LogP contribution in [0, 0.1) is 0 Å². The number of aliphatic hydroxyl groups is 1. The van der Waals surface area contributed by atoms with Crippen LogP contribution in [0.2, 0.25) is 0 Å². The number of amides is 1. The second kappa shape index (κ2) is 29.4. The summed E-state index contributed by atoms with van der Waals surface area (Å²) < 4.78 is 0. The monoisotopic (exact) mass is 493 g/mol. The molecule has 2 N–H and O–H groups in total. The molecule has 3 nitrogen and oxygen atoms in total. The third-order valence-electron chi connectivity index (χ3n) is 7.15. The Kier molecular flexibility index (Phi) is 28.7. The first-order valence-electron chi connectivity index (χ1n) is 15.8. The Bertz CT molecular complexity index is 449. The maximum Gasteiger partial charge on any atom is 0.219 e. The van der Waals surface area contributed by atoms with Gasteiger partial charge in [0.15, 0.2) is 0 Å². The van der Waals surface area contributed by atoms with Gasteiger partial charge in [-0.15, -0.1) is 0 Å². The molecule has 1 atom stereocenters. The van der Waals surface area contributed by atoms with Crippen LogP contribution in [-0.2, 0) is 4.79 Å². The van der Waals surface area contributed by atoms with Crippen LogP contribution in [0.3, 0.4) is 0 Å². The van der Waals surface area contributed by atoms with E-state index in [1.165, 1.54) is 128 Å². The van der Waals surface area contributed by atoms with Crippen molar-refractivity contribution in [1.29, 1.82) is 0 Å². The molecule has 0 aliphatic carbocycles. The fraction of sp³-hybridized carbons (Fsp3) is 0.906. The topological polar surface area (TPSA) is 49.3 Å². The van der Waals surface area contributed by atoms with E-state index in [4.69, 9.17) is 0 Å². The molecule has 0 heterocycles. The van der Waals surface area contributed by atoms with Gasteiger partial charge in [-0.05, 0) is 32.1 Å². The van der Waals surface area contributed by atoms with Gasteiger partial charge in [0.25, 0.3) is 0 Å². The lowest BCUT2D eigenvalue weighted by atomic mass is 10.0. The van der Waals surface area contributed by atoms with Crippen molar-refractivity contribution in [2.75, 3.05) is 6.54 Å². The number of nitrogens with one attached hydrogen (secondary N) is 1. The first kappa shape index (κ1) is 34.2. The van der Waals surface area contributed by atoms with Gasteiger partial charge < -0.3 is 10.4 Å². The molecule has 0 spiro atoms. The third kappa shape index (κ3) is 29.3. The SMILES string of the molecule is CCCCCCCCCCCCCC(=O)NCCCCCCCCCCCCCC=CC(O)CC. The highest BCUT2D eigenvalue weighted by Gasteiger charge is 2.01. The van der Waals surface area contributed by atoms with E-state index in [0.29, 0.717) is 0 Å². The molecular formula is C32H63NO2. The highest BCUT2D eigenvalue weighted by Crippen LogP contribution is 2.13. The van der Waals surface area contributed by atoms with Crippen molar-refractivity contribution >= 4 is 5.91 Å². The molecule has 0 saturated heterocycles. The van der Waals surface area contributed by atoms with E-state index >= 15 is 0 Å². The maximum atomic E-state index is 12.0. The zero-order valence-corrected chi connectivity index (χ0v) is 24.0. The minimum Gasteiger partial charge on any atom is -0.389 e. The van der Waals surface area contributed by atoms with E-state index in [-0.39, 0.29) is 12.0 Å². The number of hydrogen-bond acceptors (Lipinski definition) is 2. The molecule has 0 aromatic heterocycles. The van der Waals surface area contributed by atoms with Crippen LogP contribution in [0.5, 0.6) is 0 Å². The Morgan fingerprint density at radius 2 is 1.06 bits per heavy atom. The van der Waals surface area contributed by atoms with Gasteiger partial charge in [-0.2, -0.15) is 0 Å². The van der Waals surface area contributed by atoms with E-state index in [9.17, 15) is 9.90 Å². The van der Waals surface area contributed by atoms with Gasteiger partial charge in [-0.3, -0.25) is 4.79 Å². The van der Waals surface area contributed by atoms with Crippen LogP contribution >= 0.6 is 0 Å². The second-order valence-corrected chi connectivity index (χ2v) is 10.7. The summed E-state index contributed by atoms with van der Waals surface area (Å²) in [6.45, 7) is 5.15. The van der Waals surface area contributed by atoms with Crippen LogP contribution in [0.1, 0.15) is 174 Å². The quantitative estimate of drug-likeness (QED) is 0.0841. The minimum absolute atomic E-state index is 0.252. The summed E-state index contributed by atoms with van der Waals surface area (Å²) in [7, 11) is 0. The lowest BCUT2D eigenvalue weighted by Crippen LogP contribution is -2.23. The largest absolute Gasteiger partial charge is 0.389 e. The number of carbonyl (C=O) groups is 1. The first-order chi connectivity index (χ1) is 17.2. The number of hydrogen-bond donors (Lipinski definition) is 2. The van der Waals surface area contributed by atoms with Gasteiger partial charge in [0, 0.05) is 13.0 Å². The molecule has 0 fully saturated rings. The number of rotatable bonds is 28. The smallest absolute Gasteiger partial charge is 0.219 e. The van der Waals surface area contributed by atoms with E-state index in [0.717, 1.165) is 38.6 Å². The summed E-state index contributed by atoms with van der Waals surface area (Å²) in [6.07, 6.45) is 35.6. The third-order valence-corrected chi connectivity index (χ3v) is 7.15. The summed E-state index contributed by atoms with van der Waals surface area (Å²) in [4.78, 5) is 12.0. The van der Waals surface area contributed by atoms with Crippen LogP contribution in [0.4, 0.5) is 0 Å². The van der Waals surface area contributed by atoms with Gasteiger partial charge in [0.05, 0.1) is 6.10 Å². The summed E-state index contributed by atoms with van der Waals surface area (Å²) in [6, 6.07) is 0. The van der Waals surface area contributed by atoms with Crippen LogP contribution in [0.25, 0.3) is 0 Å². The van der Waals surface area contributed by atoms with Crippen molar-refractivity contribution < 1.29 is 9.90 Å². The second-order valence-electron chi connectivity index (χ2n) is 10.7. The van der Waals surface area contributed by atoms with Crippen molar-refractivity contribution in [2.45, 2.75) is 180 Å². The average Bonchev–Trinajstić information content (AvgIpc) is 2.86. The Morgan fingerprint density at radius 1 is 0.629 bits per heavy atom. The molecule has 0 radical (unpaired) electrons. The predicted molar refractivity (Wildman–Crippen MR) is 155 cm³/mol. The fourth-order valence-electron chi connectivity index (χ4n) is 4.63. The molecular weight excluding hydrogens is 430 g/mol. The number of allylic oxidation sites excluding steroid dienone is 1. The van der Waals surface area contributed by atoms with Gasteiger partial charge >= 0.3 is 0 Å². The van der Waals surface area contributed by atoms with Crippen LogP contribution in [-0.4, -0.2) is 23.7 Å². The molecule has 208 valence electrons. The Labute approximate surface area is 220 Å². The van der Waals surface area contributed by atoms with Crippen molar-refractivity contribution in [3.63, 3.8) is 0 Å². The summed E-state index contributed by atoms with van der Waals surface area (Å²) in [5, 5.41) is 12.6. The summed E-state index contributed by atoms with van der Waals surface area (Å²) >= 11 is 0. The summed E-state index contributed by atoms with van der Waals surface area (Å²) in [5.74, 6) is 0.260. The highest BCUT2D eigenvalue weighted by atomic mass is 16.3. The predicted octanol–water partition coefficient (Wildman–Crippen LogP) is 9.81. The van der Waals surface area contributed by atoms with Crippen molar-refractivity contribution in [1.82, 2.24) is 5.32 Å². The standard InChI is InChI=1S/C32H63NO2/c1-3-5-6-7-8-9-13-17-20-23-26-29-32(35)33-30-27-24-21-18-15-12-10-11-14-16-19-22-25-28-31(34)4-2/h25,28,31,34H,3-24,26-27,29-30H2,1-2H3,(H,33,35). The van der Waals surface area contributed by atoms with E-state index in [1.54, 1.807) is 0 Å². The van der Waals surface area contributed by atoms with Crippen molar-refractivity contribution in [3.8, 4) is 0 Å². The van der Waals surface area contributed by atoms with Gasteiger partial charge in [-0.25, -0.2) is 0 Å². The highest BCUT2D eigenvalue weighted by molar-refractivity contribution is 5.75. The molecule has 0 bridgehead atoms. The van der Waals surface area contributed by atoms with Crippen LogP contribution in [0.15, 0.2) is 12.2 Å². The molecule has 0 rings (SSSR count). The van der Waals surface area contributed by atoms with E-state index < -0.39 is 0 Å². The van der Waals surface area contributed by atoms with Gasteiger partial charge in [-0.1, -0.05) is 148 Å². The number of carbonyl (C=O) groups excluding carboxylic acids is 1. The lowest BCUT2D eigenvalue weighted by Gasteiger charge is -2.06. The average molecular weight is 494 g/mol. The van der Waals surface area contributed by atoms with E-state index in [2.05, 4.69) is 18.3 Å².